The Kier molecular flexibility index (Phi) is 15.0. The second kappa shape index (κ2) is 21.4. The standard InChI is InChI=1S/C23H21F3N6O3.C20H14ClF3N6O/c1-33-10-11-34-18-12-16(23(24,25)26)13-19(32-18)35-17-4-2-15(3-5-17)6-7-28-21-20-22(31-14-30-21)29-9-8-27-20;21-15-9-13(20(22,23)24)10-16(30-15)31-14-3-1-12(2-4-14)5-6-26-18-17-19(29-11-28-18)27-8-7-25-17/h2-5,8-9,12-14H,6-7,10-11H2,1H3,(H,28,29,30,31);1-4,7-11H,5-6H2,(H,26,27,28,29). The predicted octanol–water partition coefficient (Wildman–Crippen LogP) is 9.24. The summed E-state index contributed by atoms with van der Waals surface area (Å²) < 4.78 is 99.6. The molecule has 0 saturated carbocycles. The van der Waals surface area contributed by atoms with E-state index in [0.29, 0.717) is 71.4 Å². The van der Waals surface area contributed by atoms with E-state index in [1.165, 1.54) is 19.8 Å². The van der Waals surface area contributed by atoms with Gasteiger partial charge in [-0.2, -0.15) is 31.3 Å². The van der Waals surface area contributed by atoms with E-state index in [9.17, 15) is 26.3 Å². The maximum absolute atomic E-state index is 13.3. The normalized spacial score (nSPS) is 11.5. The van der Waals surface area contributed by atoms with Crippen molar-refractivity contribution in [1.82, 2.24) is 49.8 Å². The number of ether oxygens (including phenoxy) is 4. The highest BCUT2D eigenvalue weighted by atomic mass is 35.5. The minimum atomic E-state index is -4.57. The van der Waals surface area contributed by atoms with Crippen molar-refractivity contribution < 1.29 is 45.3 Å². The molecule has 23 heteroatoms. The van der Waals surface area contributed by atoms with Crippen LogP contribution in [-0.2, 0) is 29.9 Å². The molecule has 0 aliphatic carbocycles. The SMILES string of the molecule is COCCOc1cc(C(F)(F)F)cc(Oc2ccc(CCNc3ncnc4nccnc34)cc2)n1.FC(F)(F)c1cc(Cl)nc(Oc2ccc(CCNc3ncnc4nccnc34)cc2)c1. The molecule has 6 heterocycles. The van der Waals surface area contributed by atoms with Crippen LogP contribution in [0.5, 0.6) is 29.1 Å². The first-order valence-electron chi connectivity index (χ1n) is 19.6. The van der Waals surface area contributed by atoms with Gasteiger partial charge in [0.05, 0.1) is 17.7 Å². The lowest BCUT2D eigenvalue weighted by molar-refractivity contribution is -0.138. The molecule has 0 bridgehead atoms. The molecule has 66 heavy (non-hydrogen) atoms. The molecule has 8 rings (SSSR count). The Balaban J connectivity index is 0.000000198. The van der Waals surface area contributed by atoms with E-state index < -0.39 is 23.5 Å². The molecule has 0 saturated heterocycles. The average molecular weight is 933 g/mol. The molecule has 0 fully saturated rings. The van der Waals surface area contributed by atoms with Crippen LogP contribution in [0.4, 0.5) is 38.0 Å². The number of rotatable bonds is 16. The van der Waals surface area contributed by atoms with Gasteiger partial charge in [-0.1, -0.05) is 35.9 Å². The minimum absolute atomic E-state index is 0.0599. The number of aromatic nitrogens is 10. The number of hydrogen-bond acceptors (Lipinski definition) is 16. The topological polar surface area (TPSA) is 190 Å². The third kappa shape index (κ3) is 13.0. The Morgan fingerprint density at radius 1 is 0.530 bits per heavy atom. The Morgan fingerprint density at radius 3 is 1.47 bits per heavy atom. The van der Waals surface area contributed by atoms with Crippen LogP contribution < -0.4 is 24.8 Å². The number of pyridine rings is 2. The summed E-state index contributed by atoms with van der Waals surface area (Å²) in [5, 5.41) is 6.12. The molecular weight excluding hydrogens is 898 g/mol. The van der Waals surface area contributed by atoms with Gasteiger partial charge in [0.1, 0.15) is 46.9 Å². The lowest BCUT2D eigenvalue weighted by Crippen LogP contribution is -2.09. The first kappa shape index (κ1) is 46.4. The van der Waals surface area contributed by atoms with Gasteiger partial charge < -0.3 is 29.6 Å². The molecule has 0 aliphatic heterocycles. The first-order chi connectivity index (χ1) is 31.8. The van der Waals surface area contributed by atoms with Gasteiger partial charge in [-0.25, -0.2) is 44.9 Å². The van der Waals surface area contributed by atoms with Crippen molar-refractivity contribution in [2.24, 2.45) is 0 Å². The van der Waals surface area contributed by atoms with Crippen LogP contribution >= 0.6 is 11.6 Å². The molecular formula is C43H35ClF6N12O4. The van der Waals surface area contributed by atoms with E-state index in [-0.39, 0.29) is 36.0 Å². The van der Waals surface area contributed by atoms with Gasteiger partial charge in [0.2, 0.25) is 17.6 Å². The molecule has 340 valence electrons. The van der Waals surface area contributed by atoms with Crippen molar-refractivity contribution in [2.75, 3.05) is 44.0 Å². The summed E-state index contributed by atoms with van der Waals surface area (Å²) in [6.07, 6.45) is 1.32. The minimum Gasteiger partial charge on any atom is -0.475 e. The van der Waals surface area contributed by atoms with Crippen molar-refractivity contribution >= 4 is 45.6 Å². The molecule has 0 radical (unpaired) electrons. The highest BCUT2D eigenvalue weighted by Crippen LogP contribution is 2.36. The number of hydrogen-bond donors (Lipinski definition) is 2. The first-order valence-corrected chi connectivity index (χ1v) is 20.0. The smallest absolute Gasteiger partial charge is 0.416 e. The largest absolute Gasteiger partial charge is 0.475 e. The van der Waals surface area contributed by atoms with Crippen LogP contribution in [0, 0.1) is 0 Å². The Morgan fingerprint density at radius 2 is 0.985 bits per heavy atom. The van der Waals surface area contributed by atoms with Crippen LogP contribution in [0.15, 0.2) is 110 Å². The monoisotopic (exact) mass is 932 g/mol. The van der Waals surface area contributed by atoms with Crippen LogP contribution in [0.3, 0.4) is 0 Å². The second-order valence-corrected chi connectivity index (χ2v) is 14.0. The summed E-state index contributed by atoms with van der Waals surface area (Å²) in [6.45, 7) is 1.42. The molecule has 0 unspecified atom stereocenters. The van der Waals surface area contributed by atoms with Crippen LogP contribution in [0.25, 0.3) is 22.3 Å². The highest BCUT2D eigenvalue weighted by molar-refractivity contribution is 6.29. The van der Waals surface area contributed by atoms with Gasteiger partial charge in [-0.3, -0.25) is 0 Å². The second-order valence-electron chi connectivity index (χ2n) is 13.6. The maximum atomic E-state index is 13.3. The molecule has 8 aromatic rings. The number of nitrogens with one attached hydrogen (secondary N) is 2. The van der Waals surface area contributed by atoms with Gasteiger partial charge in [0, 0.05) is 63.2 Å². The molecule has 0 amide bonds. The third-order valence-corrected chi connectivity index (χ3v) is 9.18. The Labute approximate surface area is 375 Å². The number of alkyl halides is 6. The summed E-state index contributed by atoms with van der Waals surface area (Å²) in [5.74, 6) is 1.21. The zero-order valence-corrected chi connectivity index (χ0v) is 35.1. The summed E-state index contributed by atoms with van der Waals surface area (Å²) in [7, 11) is 1.46. The summed E-state index contributed by atoms with van der Waals surface area (Å²) in [4.78, 5) is 41.1. The van der Waals surface area contributed by atoms with Crippen molar-refractivity contribution in [3.05, 3.63) is 138 Å². The molecule has 6 aromatic heterocycles. The van der Waals surface area contributed by atoms with Crippen molar-refractivity contribution in [3.63, 3.8) is 0 Å². The van der Waals surface area contributed by atoms with Gasteiger partial charge in [0.25, 0.3) is 0 Å². The van der Waals surface area contributed by atoms with Crippen molar-refractivity contribution in [1.29, 1.82) is 0 Å². The predicted molar refractivity (Wildman–Crippen MR) is 229 cm³/mol. The molecule has 2 N–H and O–H groups in total. The molecule has 0 aliphatic rings. The summed E-state index contributed by atoms with van der Waals surface area (Å²) in [5.41, 5.74) is 2.30. The molecule has 2 aromatic carbocycles. The fourth-order valence-electron chi connectivity index (χ4n) is 5.88. The third-order valence-electron chi connectivity index (χ3n) is 8.98. The average Bonchev–Trinajstić information content (AvgIpc) is 3.30. The van der Waals surface area contributed by atoms with Crippen LogP contribution in [0.1, 0.15) is 22.3 Å². The van der Waals surface area contributed by atoms with E-state index in [1.54, 1.807) is 49.1 Å². The van der Waals surface area contributed by atoms with Crippen molar-refractivity contribution in [2.45, 2.75) is 25.2 Å². The summed E-state index contributed by atoms with van der Waals surface area (Å²) in [6, 6.07) is 17.1. The number of halogens is 7. The number of benzene rings is 2. The lowest BCUT2D eigenvalue weighted by Gasteiger charge is -2.13. The number of nitrogens with zero attached hydrogens (tertiary/aromatic N) is 10. The maximum Gasteiger partial charge on any atom is 0.416 e. The highest BCUT2D eigenvalue weighted by Gasteiger charge is 2.33. The fourth-order valence-corrected chi connectivity index (χ4v) is 6.08. The zero-order chi connectivity index (χ0) is 46.5. The fraction of sp³-hybridized carbons (Fsp3) is 0.209. The van der Waals surface area contributed by atoms with E-state index >= 15 is 0 Å². The summed E-state index contributed by atoms with van der Waals surface area (Å²) >= 11 is 5.68. The quantitative estimate of drug-likeness (QED) is 0.0529. The number of fused-ring (bicyclic) bond motifs is 2. The number of methoxy groups -OCH3 is 1. The zero-order valence-electron chi connectivity index (χ0n) is 34.4. The van der Waals surface area contributed by atoms with Gasteiger partial charge in [-0.05, 0) is 54.3 Å². The van der Waals surface area contributed by atoms with E-state index in [4.69, 9.17) is 30.5 Å². The van der Waals surface area contributed by atoms with Crippen molar-refractivity contribution in [3.8, 4) is 29.1 Å². The Hall–Kier alpha value is -7.59. The molecule has 16 nitrogen and oxygen atoms in total. The molecule has 0 atom stereocenters. The lowest BCUT2D eigenvalue weighted by atomic mass is 10.1. The van der Waals surface area contributed by atoms with E-state index in [0.717, 1.165) is 35.4 Å². The van der Waals surface area contributed by atoms with Gasteiger partial charge in [-0.15, -0.1) is 0 Å². The van der Waals surface area contributed by atoms with E-state index in [1.807, 2.05) is 24.3 Å². The van der Waals surface area contributed by atoms with Crippen LogP contribution in [0.2, 0.25) is 5.15 Å². The number of anilines is 2. The van der Waals surface area contributed by atoms with E-state index in [2.05, 4.69) is 60.5 Å². The van der Waals surface area contributed by atoms with Crippen LogP contribution in [-0.4, -0.2) is 83.3 Å². The van der Waals surface area contributed by atoms with Gasteiger partial charge >= 0.3 is 12.4 Å². The van der Waals surface area contributed by atoms with Gasteiger partial charge in [0.15, 0.2) is 22.9 Å². The molecule has 0 spiro atoms. The Bertz CT molecular complexity index is 2850.